The van der Waals surface area contributed by atoms with E-state index in [1.807, 2.05) is 45.0 Å². The van der Waals surface area contributed by atoms with Crippen LogP contribution in [0.5, 0.6) is 5.88 Å². The zero-order chi connectivity index (χ0) is 17.7. The third kappa shape index (κ3) is 4.86. The van der Waals surface area contributed by atoms with Gasteiger partial charge in [0.2, 0.25) is 11.8 Å². The topological polar surface area (TPSA) is 95.1 Å². The zero-order valence-electron chi connectivity index (χ0n) is 13.9. The number of para-hydroxylation sites is 1. The van der Waals surface area contributed by atoms with Gasteiger partial charge in [-0.25, -0.2) is 0 Å². The van der Waals surface area contributed by atoms with Gasteiger partial charge in [0.05, 0.1) is 11.3 Å². The molecule has 3 N–H and O–H groups in total. The molecule has 0 bridgehead atoms. The van der Waals surface area contributed by atoms with Gasteiger partial charge in [-0.15, -0.1) is 0 Å². The summed E-state index contributed by atoms with van der Waals surface area (Å²) in [5.41, 5.74) is 1.63. The summed E-state index contributed by atoms with van der Waals surface area (Å²) in [6.07, 6.45) is 0.451. The number of aromatic amines is 1. The molecule has 0 radical (unpaired) electrons. The monoisotopic (exact) mass is 347 g/mol. The van der Waals surface area contributed by atoms with Gasteiger partial charge in [-0.2, -0.15) is 4.98 Å². The molecule has 7 heteroatoms. The van der Waals surface area contributed by atoms with Gasteiger partial charge in [-0.1, -0.05) is 43.8 Å². The number of hydrogen-bond donors (Lipinski definition) is 3. The van der Waals surface area contributed by atoms with E-state index in [0.717, 1.165) is 23.0 Å². The Morgan fingerprint density at radius 1 is 1.38 bits per heavy atom. The molecule has 0 fully saturated rings. The minimum Gasteiger partial charge on any atom is -0.493 e. The second-order valence-electron chi connectivity index (χ2n) is 5.92. The van der Waals surface area contributed by atoms with Gasteiger partial charge < -0.3 is 15.4 Å². The molecule has 0 saturated heterocycles. The Labute approximate surface area is 144 Å². The number of rotatable bonds is 6. The molecule has 0 aliphatic heterocycles. The largest absolute Gasteiger partial charge is 0.493 e. The average Bonchev–Trinajstić information content (AvgIpc) is 2.51. The van der Waals surface area contributed by atoms with E-state index in [4.69, 9.17) is 0 Å². The molecule has 1 amide bonds. The number of hydrogen-bond acceptors (Lipinski definition) is 5. The highest BCUT2D eigenvalue weighted by molar-refractivity contribution is 7.99. The number of carbonyl (C=O) groups is 1. The van der Waals surface area contributed by atoms with Crippen molar-refractivity contribution in [3.63, 3.8) is 0 Å². The van der Waals surface area contributed by atoms with Crippen molar-refractivity contribution in [3.05, 3.63) is 45.7 Å². The van der Waals surface area contributed by atoms with Crippen molar-refractivity contribution in [1.29, 1.82) is 0 Å². The Balaban J connectivity index is 2.00. The van der Waals surface area contributed by atoms with E-state index in [-0.39, 0.29) is 39.7 Å². The lowest BCUT2D eigenvalue weighted by atomic mass is 10.1. The van der Waals surface area contributed by atoms with Crippen LogP contribution in [0.4, 0.5) is 5.69 Å². The van der Waals surface area contributed by atoms with Gasteiger partial charge in [-0.3, -0.25) is 9.59 Å². The van der Waals surface area contributed by atoms with Crippen molar-refractivity contribution < 1.29 is 9.90 Å². The minimum absolute atomic E-state index is 0.0836. The summed E-state index contributed by atoms with van der Waals surface area (Å²) in [4.78, 5) is 30.6. The van der Waals surface area contributed by atoms with E-state index in [2.05, 4.69) is 15.3 Å². The van der Waals surface area contributed by atoms with Gasteiger partial charge in [0, 0.05) is 5.69 Å². The number of nitrogens with one attached hydrogen (secondary N) is 2. The molecule has 0 aliphatic carbocycles. The Kier molecular flexibility index (Phi) is 6.03. The molecule has 128 valence electrons. The maximum absolute atomic E-state index is 12.0. The van der Waals surface area contributed by atoms with Crippen molar-refractivity contribution in [2.24, 2.45) is 5.92 Å². The molecule has 1 aromatic carbocycles. The van der Waals surface area contributed by atoms with Crippen molar-refractivity contribution in [3.8, 4) is 5.88 Å². The van der Waals surface area contributed by atoms with Crippen molar-refractivity contribution in [1.82, 2.24) is 9.97 Å². The number of aromatic hydroxyl groups is 1. The third-order valence-corrected chi connectivity index (χ3v) is 4.22. The predicted molar refractivity (Wildman–Crippen MR) is 95.6 cm³/mol. The number of anilines is 1. The summed E-state index contributed by atoms with van der Waals surface area (Å²) < 4.78 is 0. The van der Waals surface area contributed by atoms with Gasteiger partial charge >= 0.3 is 0 Å². The molecule has 0 spiro atoms. The number of H-pyrrole nitrogens is 1. The number of carbonyl (C=O) groups excluding carboxylic acids is 1. The van der Waals surface area contributed by atoms with Gasteiger partial charge in [0.25, 0.3) is 5.56 Å². The summed E-state index contributed by atoms with van der Waals surface area (Å²) >= 11 is 1.07. The van der Waals surface area contributed by atoms with Crippen LogP contribution in [0.25, 0.3) is 0 Å². The van der Waals surface area contributed by atoms with E-state index in [1.165, 1.54) is 0 Å². The number of aromatic nitrogens is 2. The fraction of sp³-hybridized carbons (Fsp3) is 0.353. The number of amides is 1. The minimum atomic E-state index is -0.363. The second kappa shape index (κ2) is 8.01. The first-order valence-electron chi connectivity index (χ1n) is 7.67. The summed E-state index contributed by atoms with van der Waals surface area (Å²) in [5.74, 6) is -0.158. The molecule has 1 aromatic heterocycles. The second-order valence-corrected chi connectivity index (χ2v) is 6.89. The van der Waals surface area contributed by atoms with E-state index < -0.39 is 0 Å². The summed E-state index contributed by atoms with van der Waals surface area (Å²) in [6, 6.07) is 7.48. The summed E-state index contributed by atoms with van der Waals surface area (Å²) in [7, 11) is 0. The van der Waals surface area contributed by atoms with Crippen LogP contribution in [0.1, 0.15) is 25.0 Å². The molecule has 0 aliphatic rings. The maximum atomic E-state index is 12.0. The Hall–Kier alpha value is -2.28. The van der Waals surface area contributed by atoms with Crippen LogP contribution in [-0.2, 0) is 11.2 Å². The highest BCUT2D eigenvalue weighted by Gasteiger charge is 2.13. The predicted octanol–water partition coefficient (Wildman–Crippen LogP) is 2.71. The number of nitrogens with zero attached hydrogens (tertiary/aromatic N) is 1. The lowest BCUT2D eigenvalue weighted by Gasteiger charge is -2.09. The quantitative estimate of drug-likeness (QED) is 0.552. The molecule has 0 saturated carbocycles. The molecular weight excluding hydrogens is 326 g/mol. The third-order valence-electron chi connectivity index (χ3n) is 3.34. The van der Waals surface area contributed by atoms with Gasteiger partial charge in [0.1, 0.15) is 0 Å². The highest BCUT2D eigenvalue weighted by Crippen LogP contribution is 2.19. The molecule has 24 heavy (non-hydrogen) atoms. The Morgan fingerprint density at radius 2 is 2.08 bits per heavy atom. The first kappa shape index (κ1) is 18.1. The van der Waals surface area contributed by atoms with Gasteiger partial charge in [-0.05, 0) is 30.9 Å². The normalized spacial score (nSPS) is 10.8. The van der Waals surface area contributed by atoms with Crippen LogP contribution in [0.2, 0.25) is 0 Å². The zero-order valence-corrected chi connectivity index (χ0v) is 14.7. The van der Waals surface area contributed by atoms with E-state index in [1.54, 1.807) is 0 Å². The number of aryl methyl sites for hydroxylation is 1. The summed E-state index contributed by atoms with van der Waals surface area (Å²) in [5, 5.41) is 12.9. The Morgan fingerprint density at radius 3 is 2.71 bits per heavy atom. The fourth-order valence-corrected chi connectivity index (χ4v) is 2.82. The lowest BCUT2D eigenvalue weighted by molar-refractivity contribution is -0.113. The highest BCUT2D eigenvalue weighted by atomic mass is 32.2. The van der Waals surface area contributed by atoms with Crippen LogP contribution < -0.4 is 10.9 Å². The van der Waals surface area contributed by atoms with Crippen LogP contribution in [0.15, 0.2) is 34.2 Å². The van der Waals surface area contributed by atoms with E-state index >= 15 is 0 Å². The van der Waals surface area contributed by atoms with Crippen molar-refractivity contribution in [2.45, 2.75) is 32.3 Å². The molecule has 0 unspecified atom stereocenters. The molecule has 2 aromatic rings. The van der Waals surface area contributed by atoms with Crippen LogP contribution in [0.3, 0.4) is 0 Å². The number of thioether (sulfide) groups is 1. The van der Waals surface area contributed by atoms with Crippen molar-refractivity contribution in [2.75, 3.05) is 11.1 Å². The molecule has 2 rings (SSSR count). The van der Waals surface area contributed by atoms with Crippen LogP contribution in [-0.4, -0.2) is 26.7 Å². The molecule has 6 nitrogen and oxygen atoms in total. The maximum Gasteiger partial charge on any atom is 0.258 e. The van der Waals surface area contributed by atoms with E-state index in [0.29, 0.717) is 6.42 Å². The standard InChI is InChI=1S/C17H21N3O3S/c1-10(2)8-12-15(22)19-17(20-16(12)23)24-9-14(21)18-13-7-5-4-6-11(13)3/h4-7,10H,8-9H2,1-3H3,(H,18,21)(H2,19,20,22,23). The van der Waals surface area contributed by atoms with Crippen LogP contribution >= 0.6 is 11.8 Å². The van der Waals surface area contributed by atoms with Gasteiger partial charge in [0.15, 0.2) is 5.16 Å². The van der Waals surface area contributed by atoms with Crippen LogP contribution in [0, 0.1) is 12.8 Å². The smallest absolute Gasteiger partial charge is 0.258 e. The summed E-state index contributed by atoms with van der Waals surface area (Å²) in [6.45, 7) is 5.82. The van der Waals surface area contributed by atoms with E-state index in [9.17, 15) is 14.7 Å². The average molecular weight is 347 g/mol. The molecular formula is C17H21N3O3S. The first-order valence-corrected chi connectivity index (χ1v) is 8.65. The van der Waals surface area contributed by atoms with Crippen molar-refractivity contribution >= 4 is 23.4 Å². The molecule has 1 heterocycles. The fourth-order valence-electron chi connectivity index (χ4n) is 2.16. The number of benzene rings is 1. The lowest BCUT2D eigenvalue weighted by Crippen LogP contribution is -2.18. The SMILES string of the molecule is Cc1ccccc1NC(=O)CSc1nc(O)c(CC(C)C)c(=O)[nH]1. The first-order chi connectivity index (χ1) is 11.4. The molecule has 0 atom stereocenters. The Bertz CT molecular complexity index is 787.